The van der Waals surface area contributed by atoms with Crippen LogP contribution in [0, 0.1) is 6.92 Å². The summed E-state index contributed by atoms with van der Waals surface area (Å²) in [5.41, 5.74) is 8.54. The summed E-state index contributed by atoms with van der Waals surface area (Å²) in [4.78, 5) is 11.1. The third-order valence-electron chi connectivity index (χ3n) is 3.79. The van der Waals surface area contributed by atoms with Gasteiger partial charge in [-0.2, -0.15) is 0 Å². The number of hydrogen-bond acceptors (Lipinski definition) is 5. The number of thioether (sulfide) groups is 1. The lowest BCUT2D eigenvalue weighted by Crippen LogP contribution is -2.14. The maximum Gasteiger partial charge on any atom is 0.227 e. The first-order valence-electron chi connectivity index (χ1n) is 8.35. The Hall–Kier alpha value is -2.80. The van der Waals surface area contributed by atoms with Gasteiger partial charge in [-0.05, 0) is 31.2 Å². The van der Waals surface area contributed by atoms with Crippen LogP contribution in [0.5, 0.6) is 0 Å². The lowest BCUT2D eigenvalue weighted by atomic mass is 10.2. The minimum absolute atomic E-state index is 0.173. The molecule has 0 saturated carbocycles. The number of rotatable bonds is 8. The Labute approximate surface area is 156 Å². The van der Waals surface area contributed by atoms with Crippen LogP contribution in [0.4, 0.5) is 5.69 Å². The van der Waals surface area contributed by atoms with Crippen molar-refractivity contribution in [1.29, 1.82) is 0 Å². The van der Waals surface area contributed by atoms with Crippen LogP contribution in [0.1, 0.15) is 11.4 Å². The summed E-state index contributed by atoms with van der Waals surface area (Å²) in [7, 11) is 0. The van der Waals surface area contributed by atoms with E-state index in [0.717, 1.165) is 23.7 Å². The lowest BCUT2D eigenvalue weighted by molar-refractivity contribution is -0.115. The highest BCUT2D eigenvalue weighted by atomic mass is 32.2. The van der Waals surface area contributed by atoms with Crippen molar-refractivity contribution in [2.75, 3.05) is 17.6 Å². The van der Waals surface area contributed by atoms with Gasteiger partial charge in [0.2, 0.25) is 5.91 Å². The van der Waals surface area contributed by atoms with Crippen LogP contribution in [0.15, 0.2) is 59.8 Å². The average molecular weight is 367 g/mol. The summed E-state index contributed by atoms with van der Waals surface area (Å²) in [6, 6.07) is 18.2. The third-order valence-corrected chi connectivity index (χ3v) is 4.74. The largest absolute Gasteiger partial charge is 0.385 e. The number of para-hydroxylation sites is 1. The number of benzene rings is 2. The fourth-order valence-corrected chi connectivity index (χ4v) is 3.23. The van der Waals surface area contributed by atoms with Gasteiger partial charge in [0.1, 0.15) is 5.82 Å². The molecule has 0 spiro atoms. The molecule has 0 aliphatic rings. The van der Waals surface area contributed by atoms with E-state index in [1.165, 1.54) is 17.3 Å². The highest BCUT2D eigenvalue weighted by molar-refractivity contribution is 7.99. The first-order chi connectivity index (χ1) is 12.6. The predicted octanol–water partition coefficient (Wildman–Crippen LogP) is 2.81. The predicted molar refractivity (Wildman–Crippen MR) is 105 cm³/mol. The highest BCUT2D eigenvalue weighted by Gasteiger charge is 2.14. The maximum atomic E-state index is 11.1. The number of nitrogens with one attached hydrogen (secondary N) is 1. The Morgan fingerprint density at radius 3 is 2.54 bits per heavy atom. The monoisotopic (exact) mass is 367 g/mol. The standard InChI is InChI=1S/C19H21N5OS/c1-14-7-9-15(10-8-14)21-12-11-18-22-23-19(26-13-17(20)25)24(18)16-5-3-2-4-6-16/h2-10,21H,11-13H2,1H3,(H2,20,25). The van der Waals surface area contributed by atoms with E-state index in [9.17, 15) is 4.79 Å². The molecule has 0 aliphatic heterocycles. The van der Waals surface area contributed by atoms with Crippen LogP contribution < -0.4 is 11.1 Å². The molecule has 0 radical (unpaired) electrons. The van der Waals surface area contributed by atoms with E-state index in [2.05, 4.69) is 46.7 Å². The van der Waals surface area contributed by atoms with Crippen molar-refractivity contribution in [2.24, 2.45) is 5.73 Å². The maximum absolute atomic E-state index is 11.1. The first-order valence-corrected chi connectivity index (χ1v) is 9.33. The van der Waals surface area contributed by atoms with E-state index >= 15 is 0 Å². The molecule has 6 nitrogen and oxygen atoms in total. The minimum atomic E-state index is -0.375. The van der Waals surface area contributed by atoms with Crippen molar-refractivity contribution in [3.8, 4) is 5.69 Å². The molecule has 0 aliphatic carbocycles. The van der Waals surface area contributed by atoms with Crippen LogP contribution >= 0.6 is 11.8 Å². The van der Waals surface area contributed by atoms with E-state index in [0.29, 0.717) is 11.6 Å². The van der Waals surface area contributed by atoms with Gasteiger partial charge in [0.25, 0.3) is 0 Å². The molecular formula is C19H21N5OS. The quantitative estimate of drug-likeness (QED) is 0.598. The molecule has 0 saturated heterocycles. The zero-order valence-corrected chi connectivity index (χ0v) is 15.4. The minimum Gasteiger partial charge on any atom is -0.385 e. The van der Waals surface area contributed by atoms with Crippen LogP contribution in [-0.4, -0.2) is 33.0 Å². The van der Waals surface area contributed by atoms with E-state index in [1.807, 2.05) is 34.9 Å². The van der Waals surface area contributed by atoms with Crippen molar-refractivity contribution in [3.63, 3.8) is 0 Å². The van der Waals surface area contributed by atoms with Gasteiger partial charge in [-0.25, -0.2) is 0 Å². The van der Waals surface area contributed by atoms with Crippen molar-refractivity contribution >= 4 is 23.4 Å². The molecule has 1 aromatic heterocycles. The van der Waals surface area contributed by atoms with Gasteiger partial charge in [0.05, 0.1) is 5.75 Å². The molecular weight excluding hydrogens is 346 g/mol. The number of carbonyl (C=O) groups excluding carboxylic acids is 1. The molecule has 0 fully saturated rings. The molecule has 3 aromatic rings. The number of aromatic nitrogens is 3. The van der Waals surface area contributed by atoms with Gasteiger partial charge >= 0.3 is 0 Å². The van der Waals surface area contributed by atoms with Gasteiger partial charge in [-0.3, -0.25) is 9.36 Å². The summed E-state index contributed by atoms with van der Waals surface area (Å²) in [6.07, 6.45) is 0.701. The third kappa shape index (κ3) is 4.64. The summed E-state index contributed by atoms with van der Waals surface area (Å²) in [5.74, 6) is 0.634. The molecule has 26 heavy (non-hydrogen) atoms. The molecule has 3 rings (SSSR count). The second-order valence-corrected chi connectivity index (χ2v) is 6.81. The lowest BCUT2D eigenvalue weighted by Gasteiger charge is -2.11. The number of carbonyl (C=O) groups is 1. The number of amides is 1. The van der Waals surface area contributed by atoms with Crippen LogP contribution in [0.2, 0.25) is 0 Å². The fraction of sp³-hybridized carbons (Fsp3) is 0.211. The topological polar surface area (TPSA) is 85.8 Å². The number of nitrogens with zero attached hydrogens (tertiary/aromatic N) is 3. The Kier molecular flexibility index (Phi) is 5.91. The van der Waals surface area contributed by atoms with Gasteiger partial charge in [-0.1, -0.05) is 47.7 Å². The summed E-state index contributed by atoms with van der Waals surface area (Å²) < 4.78 is 1.98. The first kappa shape index (κ1) is 18.0. The van der Waals surface area contributed by atoms with Crippen molar-refractivity contribution in [3.05, 3.63) is 66.0 Å². The van der Waals surface area contributed by atoms with E-state index in [4.69, 9.17) is 5.73 Å². The molecule has 1 heterocycles. The second-order valence-electron chi connectivity index (χ2n) is 5.87. The number of primary amides is 1. The fourth-order valence-electron chi connectivity index (χ4n) is 2.52. The Morgan fingerprint density at radius 1 is 1.12 bits per heavy atom. The molecule has 7 heteroatoms. The molecule has 0 unspecified atom stereocenters. The van der Waals surface area contributed by atoms with Gasteiger partial charge in [0, 0.05) is 24.3 Å². The zero-order valence-electron chi connectivity index (χ0n) is 14.6. The Morgan fingerprint density at radius 2 is 1.85 bits per heavy atom. The van der Waals surface area contributed by atoms with E-state index in [1.54, 1.807) is 0 Å². The van der Waals surface area contributed by atoms with Crippen LogP contribution in [0.25, 0.3) is 5.69 Å². The molecule has 3 N–H and O–H groups in total. The number of anilines is 1. The molecule has 0 atom stereocenters. The average Bonchev–Trinajstić information content (AvgIpc) is 3.05. The molecule has 2 aromatic carbocycles. The number of hydrogen-bond donors (Lipinski definition) is 2. The van der Waals surface area contributed by atoms with Crippen molar-refractivity contribution in [1.82, 2.24) is 14.8 Å². The van der Waals surface area contributed by atoms with Gasteiger partial charge < -0.3 is 11.1 Å². The van der Waals surface area contributed by atoms with Crippen molar-refractivity contribution in [2.45, 2.75) is 18.5 Å². The summed E-state index contributed by atoms with van der Waals surface area (Å²) in [6.45, 7) is 2.80. The number of aryl methyl sites for hydroxylation is 1. The molecule has 1 amide bonds. The van der Waals surface area contributed by atoms with Crippen LogP contribution in [-0.2, 0) is 11.2 Å². The summed E-state index contributed by atoms with van der Waals surface area (Å²) in [5, 5.41) is 12.6. The van der Waals surface area contributed by atoms with E-state index < -0.39 is 0 Å². The van der Waals surface area contributed by atoms with E-state index in [-0.39, 0.29) is 11.7 Å². The second kappa shape index (κ2) is 8.53. The Bertz CT molecular complexity index is 861. The number of nitrogens with two attached hydrogens (primary N) is 1. The molecule has 134 valence electrons. The molecule has 0 bridgehead atoms. The zero-order chi connectivity index (χ0) is 18.4. The normalized spacial score (nSPS) is 10.7. The van der Waals surface area contributed by atoms with Crippen molar-refractivity contribution < 1.29 is 4.79 Å². The van der Waals surface area contributed by atoms with Gasteiger partial charge in [-0.15, -0.1) is 10.2 Å². The SMILES string of the molecule is Cc1ccc(NCCc2nnc(SCC(N)=O)n2-c2ccccc2)cc1. The van der Waals surface area contributed by atoms with Gasteiger partial charge in [0.15, 0.2) is 5.16 Å². The van der Waals surface area contributed by atoms with Crippen LogP contribution in [0.3, 0.4) is 0 Å². The summed E-state index contributed by atoms with van der Waals surface area (Å²) >= 11 is 1.30. The Balaban J connectivity index is 1.75. The highest BCUT2D eigenvalue weighted by Crippen LogP contribution is 2.22. The smallest absolute Gasteiger partial charge is 0.227 e.